The fraction of sp³-hybridized carbons (Fsp3) is 0.462. The summed E-state index contributed by atoms with van der Waals surface area (Å²) in [6, 6.07) is 9.84. The summed E-state index contributed by atoms with van der Waals surface area (Å²) < 4.78 is 0. The van der Waals surface area contributed by atoms with Gasteiger partial charge in [-0.2, -0.15) is 0 Å². The first-order valence-corrected chi connectivity index (χ1v) is 5.69. The van der Waals surface area contributed by atoms with Crippen molar-refractivity contribution in [1.29, 1.82) is 0 Å². The summed E-state index contributed by atoms with van der Waals surface area (Å²) in [5.41, 5.74) is 0.777. The first-order valence-electron chi connectivity index (χ1n) is 5.69. The van der Waals surface area contributed by atoms with Crippen LogP contribution in [0.4, 0.5) is 0 Å². The number of carbonyl (C=O) groups excluding carboxylic acids is 1. The maximum atomic E-state index is 12.1. The molecule has 3 heteroatoms. The second-order valence-electron chi connectivity index (χ2n) is 4.49. The number of likely N-dealkylation sites (N-methyl/N-ethyl adjacent to an activating group) is 2. The van der Waals surface area contributed by atoms with Crippen LogP contribution in [0.2, 0.25) is 0 Å². The third-order valence-electron chi connectivity index (χ3n) is 3.26. The lowest BCUT2D eigenvalue weighted by Crippen LogP contribution is -2.38. The maximum absolute atomic E-state index is 12.1. The molecule has 1 aromatic rings. The Kier molecular flexibility index (Phi) is 3.25. The Morgan fingerprint density at radius 3 is 2.62 bits per heavy atom. The lowest BCUT2D eigenvalue weighted by atomic mass is 10.1. The van der Waals surface area contributed by atoms with E-state index in [4.69, 9.17) is 0 Å². The van der Waals surface area contributed by atoms with Gasteiger partial charge in [-0.3, -0.25) is 4.79 Å². The van der Waals surface area contributed by atoms with E-state index in [9.17, 15) is 4.79 Å². The predicted molar refractivity (Wildman–Crippen MR) is 64.4 cm³/mol. The minimum Gasteiger partial charge on any atom is -0.337 e. The summed E-state index contributed by atoms with van der Waals surface area (Å²) in [7, 11) is 4.00. The number of nitrogens with zero attached hydrogens (tertiary/aromatic N) is 2. The summed E-state index contributed by atoms with van der Waals surface area (Å²) in [5, 5.41) is 0. The Labute approximate surface area is 96.7 Å². The number of hydrogen-bond acceptors (Lipinski definition) is 2. The van der Waals surface area contributed by atoms with Crippen LogP contribution in [0.5, 0.6) is 0 Å². The third-order valence-corrected chi connectivity index (χ3v) is 3.26. The molecule has 1 amide bonds. The van der Waals surface area contributed by atoms with Gasteiger partial charge in [0.25, 0.3) is 5.91 Å². The minimum absolute atomic E-state index is 0.126. The molecule has 0 N–H and O–H groups in total. The van der Waals surface area contributed by atoms with Crippen molar-refractivity contribution in [2.75, 3.05) is 27.2 Å². The van der Waals surface area contributed by atoms with E-state index in [1.165, 1.54) is 0 Å². The predicted octanol–water partition coefficient (Wildman–Crippen LogP) is 1.46. The molecule has 2 rings (SSSR count). The van der Waals surface area contributed by atoms with Gasteiger partial charge in [0.2, 0.25) is 0 Å². The fourth-order valence-electron chi connectivity index (χ4n) is 2.18. The van der Waals surface area contributed by atoms with E-state index in [1.807, 2.05) is 42.3 Å². The minimum atomic E-state index is 0.126. The Morgan fingerprint density at radius 1 is 1.38 bits per heavy atom. The summed E-state index contributed by atoms with van der Waals surface area (Å²) in [4.78, 5) is 16.3. The highest BCUT2D eigenvalue weighted by Crippen LogP contribution is 2.15. The molecule has 0 bridgehead atoms. The molecule has 3 nitrogen and oxygen atoms in total. The van der Waals surface area contributed by atoms with Gasteiger partial charge >= 0.3 is 0 Å². The molecule has 1 heterocycles. The zero-order valence-electron chi connectivity index (χ0n) is 9.89. The number of rotatable bonds is 2. The monoisotopic (exact) mass is 218 g/mol. The Bertz CT molecular complexity index is 363. The Hall–Kier alpha value is -1.35. The largest absolute Gasteiger partial charge is 0.337 e. The van der Waals surface area contributed by atoms with Gasteiger partial charge in [0, 0.05) is 25.2 Å². The molecule has 1 fully saturated rings. The molecule has 0 spiro atoms. The average Bonchev–Trinajstić information content (AvgIpc) is 2.75. The van der Waals surface area contributed by atoms with Crippen LogP contribution >= 0.6 is 0 Å². The highest BCUT2D eigenvalue weighted by Gasteiger charge is 2.26. The van der Waals surface area contributed by atoms with Gasteiger partial charge < -0.3 is 9.80 Å². The average molecular weight is 218 g/mol. The standard InChI is InChI=1S/C13H18N2O/c1-14-9-8-12(10-14)15(2)13(16)11-6-4-3-5-7-11/h3-7,12H,8-10H2,1-2H3/t12-/m1/s1. The van der Waals surface area contributed by atoms with Crippen molar-refractivity contribution in [1.82, 2.24) is 9.80 Å². The van der Waals surface area contributed by atoms with E-state index in [0.717, 1.165) is 25.1 Å². The normalized spacial score (nSPS) is 21.0. The molecule has 0 aromatic heterocycles. The Balaban J connectivity index is 2.05. The van der Waals surface area contributed by atoms with E-state index in [-0.39, 0.29) is 5.91 Å². The van der Waals surface area contributed by atoms with Gasteiger partial charge in [0.05, 0.1) is 0 Å². The van der Waals surface area contributed by atoms with Crippen molar-refractivity contribution in [2.24, 2.45) is 0 Å². The molecule has 1 aliphatic heterocycles. The van der Waals surface area contributed by atoms with Crippen molar-refractivity contribution in [3.8, 4) is 0 Å². The summed E-state index contributed by atoms with van der Waals surface area (Å²) in [6.45, 7) is 2.06. The molecule has 1 saturated heterocycles. The summed E-state index contributed by atoms with van der Waals surface area (Å²) in [6.07, 6.45) is 1.07. The van der Waals surface area contributed by atoms with Crippen molar-refractivity contribution >= 4 is 5.91 Å². The van der Waals surface area contributed by atoms with E-state index in [2.05, 4.69) is 11.9 Å². The zero-order chi connectivity index (χ0) is 11.5. The molecular formula is C13H18N2O. The maximum Gasteiger partial charge on any atom is 0.253 e. The van der Waals surface area contributed by atoms with Gasteiger partial charge in [0.15, 0.2) is 0 Å². The fourth-order valence-corrected chi connectivity index (χ4v) is 2.18. The van der Waals surface area contributed by atoms with Crippen LogP contribution in [-0.2, 0) is 0 Å². The second kappa shape index (κ2) is 4.66. The van der Waals surface area contributed by atoms with Crippen LogP contribution in [-0.4, -0.2) is 48.9 Å². The third kappa shape index (κ3) is 2.25. The Morgan fingerprint density at radius 2 is 2.06 bits per heavy atom. The summed E-state index contributed by atoms with van der Waals surface area (Å²) >= 11 is 0. The number of hydrogen-bond donors (Lipinski definition) is 0. The molecule has 1 aliphatic rings. The van der Waals surface area contributed by atoms with Crippen molar-refractivity contribution in [3.05, 3.63) is 35.9 Å². The molecule has 0 radical (unpaired) electrons. The number of amides is 1. The van der Waals surface area contributed by atoms with E-state index >= 15 is 0 Å². The van der Waals surface area contributed by atoms with E-state index in [1.54, 1.807) is 0 Å². The lowest BCUT2D eigenvalue weighted by Gasteiger charge is -2.24. The molecular weight excluding hydrogens is 200 g/mol. The van der Waals surface area contributed by atoms with Gasteiger partial charge in [-0.25, -0.2) is 0 Å². The van der Waals surface area contributed by atoms with Gasteiger partial charge in [-0.15, -0.1) is 0 Å². The van der Waals surface area contributed by atoms with Crippen LogP contribution in [0.15, 0.2) is 30.3 Å². The van der Waals surface area contributed by atoms with Crippen molar-refractivity contribution < 1.29 is 4.79 Å². The number of carbonyl (C=O) groups is 1. The second-order valence-corrected chi connectivity index (χ2v) is 4.49. The van der Waals surface area contributed by atoms with Crippen LogP contribution in [0.1, 0.15) is 16.8 Å². The van der Waals surface area contributed by atoms with Crippen LogP contribution < -0.4 is 0 Å². The van der Waals surface area contributed by atoms with Crippen molar-refractivity contribution in [2.45, 2.75) is 12.5 Å². The van der Waals surface area contributed by atoms with Gasteiger partial charge in [-0.1, -0.05) is 18.2 Å². The number of benzene rings is 1. The first-order chi connectivity index (χ1) is 7.68. The van der Waals surface area contributed by atoms with Crippen LogP contribution in [0.25, 0.3) is 0 Å². The topological polar surface area (TPSA) is 23.6 Å². The quantitative estimate of drug-likeness (QED) is 0.750. The SMILES string of the molecule is CN1CC[C@@H](N(C)C(=O)c2ccccc2)C1. The zero-order valence-corrected chi connectivity index (χ0v) is 9.89. The lowest BCUT2D eigenvalue weighted by molar-refractivity contribution is 0.0737. The van der Waals surface area contributed by atoms with Crippen LogP contribution in [0.3, 0.4) is 0 Å². The van der Waals surface area contributed by atoms with E-state index < -0.39 is 0 Å². The van der Waals surface area contributed by atoms with Crippen LogP contribution in [0, 0.1) is 0 Å². The highest BCUT2D eigenvalue weighted by molar-refractivity contribution is 5.94. The molecule has 0 unspecified atom stereocenters. The molecule has 1 aromatic carbocycles. The molecule has 86 valence electrons. The van der Waals surface area contributed by atoms with E-state index in [0.29, 0.717) is 6.04 Å². The highest BCUT2D eigenvalue weighted by atomic mass is 16.2. The van der Waals surface area contributed by atoms with Gasteiger partial charge in [0.1, 0.15) is 0 Å². The molecule has 1 atom stereocenters. The number of likely N-dealkylation sites (tertiary alicyclic amines) is 1. The molecule has 16 heavy (non-hydrogen) atoms. The molecule has 0 aliphatic carbocycles. The van der Waals surface area contributed by atoms with Gasteiger partial charge in [-0.05, 0) is 32.1 Å². The smallest absolute Gasteiger partial charge is 0.253 e. The summed E-state index contributed by atoms with van der Waals surface area (Å²) in [5.74, 6) is 0.126. The molecule has 0 saturated carbocycles. The van der Waals surface area contributed by atoms with Crippen molar-refractivity contribution in [3.63, 3.8) is 0 Å². The first kappa shape index (κ1) is 11.1.